The van der Waals surface area contributed by atoms with E-state index in [0.717, 1.165) is 4.47 Å². The number of halogens is 2. The van der Waals surface area contributed by atoms with Crippen molar-refractivity contribution in [3.63, 3.8) is 0 Å². The van der Waals surface area contributed by atoms with Crippen molar-refractivity contribution in [1.29, 1.82) is 5.26 Å². The number of nitrogens with zero attached hydrogens (tertiary/aromatic N) is 1. The summed E-state index contributed by atoms with van der Waals surface area (Å²) in [5.74, 6) is -0.290. The number of amides is 1. The first kappa shape index (κ1) is 15.4. The topological polar surface area (TPSA) is 78.9 Å². The fourth-order valence-electron chi connectivity index (χ4n) is 1.82. The van der Waals surface area contributed by atoms with Crippen LogP contribution in [0.5, 0.6) is 0 Å². The molecule has 0 saturated carbocycles. The lowest BCUT2D eigenvalue weighted by molar-refractivity contribution is 0.102. The lowest BCUT2D eigenvalue weighted by atomic mass is 10.1. The highest BCUT2D eigenvalue weighted by Crippen LogP contribution is 2.25. The van der Waals surface area contributed by atoms with Gasteiger partial charge in [-0.05, 0) is 42.8 Å². The molecule has 106 valence electrons. The highest BCUT2D eigenvalue weighted by atomic mass is 79.9. The van der Waals surface area contributed by atoms with Gasteiger partial charge in [0.05, 0.1) is 10.6 Å². The number of hydrogen-bond acceptors (Lipinski definition) is 3. The molecule has 2 rings (SSSR count). The normalized spacial score (nSPS) is 10.0. The van der Waals surface area contributed by atoms with Crippen LogP contribution in [-0.2, 0) is 0 Å². The monoisotopic (exact) mass is 363 g/mol. The predicted molar refractivity (Wildman–Crippen MR) is 87.4 cm³/mol. The van der Waals surface area contributed by atoms with Gasteiger partial charge in [-0.25, -0.2) is 0 Å². The van der Waals surface area contributed by atoms with E-state index in [1.54, 1.807) is 31.2 Å². The second kappa shape index (κ2) is 6.17. The Morgan fingerprint density at radius 3 is 2.71 bits per heavy atom. The molecule has 2 aromatic rings. The Hall–Kier alpha value is -2.03. The number of carbonyl (C=O) groups excluding carboxylic acids is 1. The van der Waals surface area contributed by atoms with Gasteiger partial charge in [-0.1, -0.05) is 27.5 Å². The van der Waals surface area contributed by atoms with E-state index in [2.05, 4.69) is 21.2 Å². The number of nitrogen functional groups attached to an aromatic ring is 1. The van der Waals surface area contributed by atoms with Crippen LogP contribution >= 0.6 is 27.5 Å². The SMILES string of the molecule is Cc1c(N)cc(Br)cc1C(=O)Nc1ccc(C#N)c(Cl)c1. The van der Waals surface area contributed by atoms with Crippen LogP contribution in [0, 0.1) is 18.3 Å². The van der Waals surface area contributed by atoms with E-state index in [1.807, 2.05) is 6.07 Å². The third kappa shape index (κ3) is 3.35. The summed E-state index contributed by atoms with van der Waals surface area (Å²) in [5.41, 5.74) is 8.44. The third-order valence-electron chi connectivity index (χ3n) is 3.00. The van der Waals surface area contributed by atoms with Crippen LogP contribution in [-0.4, -0.2) is 5.91 Å². The van der Waals surface area contributed by atoms with Crippen LogP contribution in [0.2, 0.25) is 5.02 Å². The largest absolute Gasteiger partial charge is 0.398 e. The number of anilines is 2. The molecule has 1 amide bonds. The highest BCUT2D eigenvalue weighted by molar-refractivity contribution is 9.10. The average molecular weight is 365 g/mol. The Morgan fingerprint density at radius 1 is 1.38 bits per heavy atom. The minimum absolute atomic E-state index is 0.290. The quantitative estimate of drug-likeness (QED) is 0.787. The van der Waals surface area contributed by atoms with Gasteiger partial charge in [0, 0.05) is 21.4 Å². The zero-order valence-electron chi connectivity index (χ0n) is 11.1. The first-order valence-corrected chi connectivity index (χ1v) is 7.16. The van der Waals surface area contributed by atoms with Crippen molar-refractivity contribution in [2.24, 2.45) is 0 Å². The molecule has 0 radical (unpaired) electrons. The second-order valence-electron chi connectivity index (χ2n) is 4.43. The summed E-state index contributed by atoms with van der Waals surface area (Å²) in [6, 6.07) is 10.1. The maximum absolute atomic E-state index is 12.3. The van der Waals surface area contributed by atoms with Crippen LogP contribution in [0.25, 0.3) is 0 Å². The molecule has 0 aliphatic rings. The molecule has 0 bridgehead atoms. The number of nitriles is 1. The Balaban J connectivity index is 2.31. The van der Waals surface area contributed by atoms with Crippen molar-refractivity contribution in [2.45, 2.75) is 6.92 Å². The molecule has 0 atom stereocenters. The molecule has 3 N–H and O–H groups in total. The summed E-state index contributed by atoms with van der Waals surface area (Å²) in [7, 11) is 0. The lowest BCUT2D eigenvalue weighted by Crippen LogP contribution is -2.14. The van der Waals surface area contributed by atoms with Gasteiger partial charge in [0.15, 0.2) is 0 Å². The molecule has 6 heteroatoms. The van der Waals surface area contributed by atoms with Crippen molar-refractivity contribution in [2.75, 3.05) is 11.1 Å². The van der Waals surface area contributed by atoms with E-state index in [9.17, 15) is 4.79 Å². The zero-order chi connectivity index (χ0) is 15.6. The summed E-state index contributed by atoms with van der Waals surface area (Å²) in [5, 5.41) is 11.9. The molecular formula is C15H11BrClN3O. The van der Waals surface area contributed by atoms with Crippen LogP contribution in [0.3, 0.4) is 0 Å². The third-order valence-corrected chi connectivity index (χ3v) is 3.78. The van der Waals surface area contributed by atoms with Gasteiger partial charge in [-0.3, -0.25) is 4.79 Å². The van der Waals surface area contributed by atoms with Crippen LogP contribution in [0.4, 0.5) is 11.4 Å². The molecule has 0 aromatic heterocycles. The Labute approximate surface area is 135 Å². The fourth-order valence-corrected chi connectivity index (χ4v) is 2.52. The summed E-state index contributed by atoms with van der Waals surface area (Å²) in [6.07, 6.45) is 0. The Morgan fingerprint density at radius 2 is 2.10 bits per heavy atom. The van der Waals surface area contributed by atoms with Gasteiger partial charge < -0.3 is 11.1 Å². The molecule has 4 nitrogen and oxygen atoms in total. The fraction of sp³-hybridized carbons (Fsp3) is 0.0667. The second-order valence-corrected chi connectivity index (χ2v) is 5.75. The van der Waals surface area contributed by atoms with Crippen LogP contribution < -0.4 is 11.1 Å². The summed E-state index contributed by atoms with van der Waals surface area (Å²) < 4.78 is 0.730. The molecule has 0 aliphatic heterocycles. The van der Waals surface area contributed by atoms with E-state index >= 15 is 0 Å². The van der Waals surface area contributed by atoms with E-state index in [4.69, 9.17) is 22.6 Å². The molecule has 21 heavy (non-hydrogen) atoms. The highest BCUT2D eigenvalue weighted by Gasteiger charge is 2.13. The van der Waals surface area contributed by atoms with Crippen molar-refractivity contribution in [3.05, 3.63) is 56.5 Å². The maximum Gasteiger partial charge on any atom is 0.256 e. The number of hydrogen-bond donors (Lipinski definition) is 2. The van der Waals surface area contributed by atoms with E-state index in [0.29, 0.717) is 33.1 Å². The van der Waals surface area contributed by atoms with Crippen molar-refractivity contribution < 1.29 is 4.79 Å². The first-order valence-electron chi connectivity index (χ1n) is 5.99. The lowest BCUT2D eigenvalue weighted by Gasteiger charge is -2.11. The number of nitrogens with one attached hydrogen (secondary N) is 1. The maximum atomic E-state index is 12.3. The Bertz CT molecular complexity index is 768. The predicted octanol–water partition coefficient (Wildman–Crippen LogP) is 4.12. The van der Waals surface area contributed by atoms with Gasteiger partial charge in [-0.15, -0.1) is 0 Å². The number of carbonyl (C=O) groups is 1. The van der Waals surface area contributed by atoms with Crippen molar-refractivity contribution >= 4 is 44.8 Å². The molecule has 0 spiro atoms. The summed E-state index contributed by atoms with van der Waals surface area (Å²) in [4.78, 5) is 12.3. The van der Waals surface area contributed by atoms with Crippen molar-refractivity contribution in [3.8, 4) is 6.07 Å². The average Bonchev–Trinajstić information content (AvgIpc) is 2.43. The molecule has 0 fully saturated rings. The van der Waals surface area contributed by atoms with Gasteiger partial charge in [0.25, 0.3) is 5.91 Å². The van der Waals surface area contributed by atoms with E-state index < -0.39 is 0 Å². The summed E-state index contributed by atoms with van der Waals surface area (Å²) >= 11 is 9.25. The minimum atomic E-state index is -0.290. The van der Waals surface area contributed by atoms with E-state index in [-0.39, 0.29) is 5.91 Å². The summed E-state index contributed by atoms with van der Waals surface area (Å²) in [6.45, 7) is 1.78. The van der Waals surface area contributed by atoms with Gasteiger partial charge >= 0.3 is 0 Å². The molecular weight excluding hydrogens is 354 g/mol. The first-order chi connectivity index (χ1) is 9.92. The molecule has 0 unspecified atom stereocenters. The number of benzene rings is 2. The molecule has 0 aliphatic carbocycles. The van der Waals surface area contributed by atoms with Gasteiger partial charge in [0.1, 0.15) is 6.07 Å². The van der Waals surface area contributed by atoms with Gasteiger partial charge in [-0.2, -0.15) is 5.26 Å². The molecule has 0 heterocycles. The van der Waals surface area contributed by atoms with Gasteiger partial charge in [0.2, 0.25) is 0 Å². The van der Waals surface area contributed by atoms with Crippen LogP contribution in [0.1, 0.15) is 21.5 Å². The zero-order valence-corrected chi connectivity index (χ0v) is 13.4. The molecule has 0 saturated heterocycles. The van der Waals surface area contributed by atoms with E-state index in [1.165, 1.54) is 6.07 Å². The standard InChI is InChI=1S/C15H11BrClN3O/c1-8-12(4-10(16)5-14(8)19)15(21)20-11-3-2-9(7-18)13(17)6-11/h2-6H,19H2,1H3,(H,20,21). The van der Waals surface area contributed by atoms with Crippen molar-refractivity contribution in [1.82, 2.24) is 0 Å². The Kier molecular flexibility index (Phi) is 4.51. The number of rotatable bonds is 2. The molecule has 2 aromatic carbocycles. The smallest absolute Gasteiger partial charge is 0.256 e. The number of nitrogens with two attached hydrogens (primary N) is 1. The van der Waals surface area contributed by atoms with Crippen LogP contribution in [0.15, 0.2) is 34.8 Å². The minimum Gasteiger partial charge on any atom is -0.398 e.